The van der Waals surface area contributed by atoms with Crippen molar-refractivity contribution in [2.45, 2.75) is 31.5 Å². The summed E-state index contributed by atoms with van der Waals surface area (Å²) in [6, 6.07) is -1.62. The van der Waals surface area contributed by atoms with Crippen molar-refractivity contribution in [2.75, 3.05) is 27.3 Å². The molecule has 1 aliphatic rings. The predicted molar refractivity (Wildman–Crippen MR) is 63.3 cm³/mol. The Morgan fingerprint density at radius 2 is 2.17 bits per heavy atom. The van der Waals surface area contributed by atoms with Gasteiger partial charge >= 0.3 is 12.0 Å². The van der Waals surface area contributed by atoms with Gasteiger partial charge in [-0.15, -0.1) is 0 Å². The number of carbonyl (C=O) groups is 2. The lowest BCUT2D eigenvalue weighted by Gasteiger charge is -2.30. The van der Waals surface area contributed by atoms with E-state index in [1.807, 2.05) is 0 Å². The molecule has 0 aromatic carbocycles. The van der Waals surface area contributed by atoms with Gasteiger partial charge in [0.25, 0.3) is 0 Å². The van der Waals surface area contributed by atoms with Crippen LogP contribution in [0.1, 0.15) is 13.3 Å². The fraction of sp³-hybridized carbons (Fsp3) is 0.818. The second-order valence-electron chi connectivity index (χ2n) is 4.52. The number of rotatable bonds is 4. The van der Waals surface area contributed by atoms with Crippen LogP contribution in [0.2, 0.25) is 0 Å². The lowest BCUT2D eigenvalue weighted by molar-refractivity contribution is -0.141. The molecule has 0 bridgehead atoms. The van der Waals surface area contributed by atoms with E-state index < -0.39 is 18.0 Å². The van der Waals surface area contributed by atoms with Crippen LogP contribution in [-0.4, -0.2) is 77.5 Å². The Labute approximate surface area is 106 Å². The van der Waals surface area contributed by atoms with Gasteiger partial charge in [-0.2, -0.15) is 0 Å². The Kier molecular flexibility index (Phi) is 4.92. The summed E-state index contributed by atoms with van der Waals surface area (Å²) >= 11 is 0. The maximum atomic E-state index is 12.1. The van der Waals surface area contributed by atoms with E-state index in [0.717, 1.165) is 0 Å². The number of likely N-dealkylation sites (tertiary alicyclic amines) is 1. The van der Waals surface area contributed by atoms with E-state index in [2.05, 4.69) is 0 Å². The average molecular weight is 260 g/mol. The number of hydrogen-bond donors (Lipinski definition) is 2. The largest absolute Gasteiger partial charge is 0.480 e. The van der Waals surface area contributed by atoms with E-state index in [1.54, 1.807) is 14.0 Å². The van der Waals surface area contributed by atoms with Crippen molar-refractivity contribution < 1.29 is 24.5 Å². The van der Waals surface area contributed by atoms with Crippen LogP contribution < -0.4 is 0 Å². The summed E-state index contributed by atoms with van der Waals surface area (Å²) in [5.74, 6) is -1.03. The molecular formula is C11H20N2O5. The van der Waals surface area contributed by atoms with Crippen LogP contribution in [0.15, 0.2) is 0 Å². The fourth-order valence-corrected chi connectivity index (χ4v) is 1.93. The smallest absolute Gasteiger partial charge is 0.326 e. The number of hydrogen-bond acceptors (Lipinski definition) is 4. The molecule has 0 saturated carbocycles. The second kappa shape index (κ2) is 6.01. The minimum Gasteiger partial charge on any atom is -0.480 e. The Hall–Kier alpha value is -1.34. The molecule has 1 aliphatic heterocycles. The quantitative estimate of drug-likeness (QED) is 0.717. The molecule has 2 amide bonds. The molecule has 7 nitrogen and oxygen atoms in total. The number of aliphatic hydroxyl groups is 1. The maximum Gasteiger partial charge on any atom is 0.326 e. The molecule has 0 aromatic heterocycles. The monoisotopic (exact) mass is 260 g/mol. The molecule has 1 heterocycles. The zero-order valence-electron chi connectivity index (χ0n) is 10.9. The normalized spacial score (nSPS) is 25.0. The van der Waals surface area contributed by atoms with E-state index in [4.69, 9.17) is 14.9 Å². The molecule has 3 atom stereocenters. The van der Waals surface area contributed by atoms with Crippen molar-refractivity contribution in [1.29, 1.82) is 0 Å². The third kappa shape index (κ3) is 2.91. The molecule has 7 heteroatoms. The number of carboxylic acids is 1. The van der Waals surface area contributed by atoms with Crippen LogP contribution in [0.3, 0.4) is 0 Å². The van der Waals surface area contributed by atoms with Gasteiger partial charge in [-0.3, -0.25) is 0 Å². The highest BCUT2D eigenvalue weighted by atomic mass is 16.5. The molecule has 2 N–H and O–H groups in total. The lowest BCUT2D eigenvalue weighted by atomic mass is 10.2. The highest BCUT2D eigenvalue weighted by Gasteiger charge is 2.41. The number of nitrogens with zero attached hydrogens (tertiary/aromatic N) is 2. The summed E-state index contributed by atoms with van der Waals surface area (Å²) in [7, 11) is 3.04. The second-order valence-corrected chi connectivity index (χ2v) is 4.52. The van der Waals surface area contributed by atoms with E-state index in [-0.39, 0.29) is 25.3 Å². The highest BCUT2D eigenvalue weighted by molar-refractivity contribution is 5.83. The fourth-order valence-electron chi connectivity index (χ4n) is 1.93. The summed E-state index contributed by atoms with van der Waals surface area (Å²) in [5.41, 5.74) is 0. The molecule has 1 rings (SSSR count). The molecule has 0 aromatic rings. The first kappa shape index (κ1) is 14.7. The molecule has 0 aliphatic carbocycles. The van der Waals surface area contributed by atoms with Gasteiger partial charge in [-0.25, -0.2) is 9.59 Å². The van der Waals surface area contributed by atoms with Crippen LogP contribution in [0.4, 0.5) is 4.79 Å². The molecule has 18 heavy (non-hydrogen) atoms. The van der Waals surface area contributed by atoms with E-state index in [9.17, 15) is 9.59 Å². The molecule has 1 fully saturated rings. The van der Waals surface area contributed by atoms with Crippen molar-refractivity contribution in [2.24, 2.45) is 0 Å². The van der Waals surface area contributed by atoms with Gasteiger partial charge in [0.15, 0.2) is 0 Å². The zero-order chi connectivity index (χ0) is 13.9. The third-order valence-corrected chi connectivity index (χ3v) is 3.35. The molecule has 3 unspecified atom stereocenters. The Morgan fingerprint density at radius 1 is 1.56 bits per heavy atom. The van der Waals surface area contributed by atoms with Gasteiger partial charge in [0.1, 0.15) is 6.04 Å². The number of likely N-dealkylation sites (N-methyl/N-ethyl adjacent to an activating group) is 1. The van der Waals surface area contributed by atoms with Crippen LogP contribution in [-0.2, 0) is 9.53 Å². The summed E-state index contributed by atoms with van der Waals surface area (Å²) in [6.07, 6.45) is 0.0340. The summed E-state index contributed by atoms with van der Waals surface area (Å²) in [4.78, 5) is 25.9. The zero-order valence-corrected chi connectivity index (χ0v) is 10.9. The summed E-state index contributed by atoms with van der Waals surface area (Å²) in [5, 5.41) is 18.1. The first-order valence-corrected chi connectivity index (χ1v) is 5.82. The number of aliphatic carboxylic acids is 1. The summed E-state index contributed by atoms with van der Waals surface area (Å²) < 4.78 is 5.11. The lowest BCUT2D eigenvalue weighted by Crippen LogP contribution is -2.50. The number of amides is 2. The van der Waals surface area contributed by atoms with Crippen molar-refractivity contribution in [3.05, 3.63) is 0 Å². The Morgan fingerprint density at radius 3 is 2.61 bits per heavy atom. The molecule has 0 radical (unpaired) electrons. The number of aliphatic hydroxyl groups excluding tert-OH is 1. The van der Waals surface area contributed by atoms with Gasteiger partial charge in [-0.1, -0.05) is 0 Å². The van der Waals surface area contributed by atoms with Crippen molar-refractivity contribution >= 4 is 12.0 Å². The summed E-state index contributed by atoms with van der Waals surface area (Å²) in [6.45, 7) is 1.79. The Balaban J connectivity index is 2.79. The SMILES string of the molecule is COC1CC(C(=O)O)N(C(=O)N(C)C(C)CO)C1. The van der Waals surface area contributed by atoms with Gasteiger partial charge < -0.3 is 24.7 Å². The third-order valence-electron chi connectivity index (χ3n) is 3.35. The van der Waals surface area contributed by atoms with Gasteiger partial charge in [-0.05, 0) is 6.92 Å². The number of ether oxygens (including phenoxy) is 1. The highest BCUT2D eigenvalue weighted by Crippen LogP contribution is 2.22. The van der Waals surface area contributed by atoms with Crippen LogP contribution in [0.25, 0.3) is 0 Å². The van der Waals surface area contributed by atoms with Crippen LogP contribution >= 0.6 is 0 Å². The minimum absolute atomic E-state index is 0.165. The molecular weight excluding hydrogens is 240 g/mol. The standard InChI is InChI=1S/C11H20N2O5/c1-7(6-14)12(2)11(17)13-5-8(18-3)4-9(13)10(15)16/h7-9,14H,4-6H2,1-3H3,(H,15,16). The first-order chi connectivity index (χ1) is 8.42. The number of carboxylic acid groups (broad SMARTS) is 1. The van der Waals surface area contributed by atoms with Gasteiger partial charge in [0.2, 0.25) is 0 Å². The topological polar surface area (TPSA) is 90.3 Å². The first-order valence-electron chi connectivity index (χ1n) is 5.82. The average Bonchev–Trinajstić information content (AvgIpc) is 2.80. The van der Waals surface area contributed by atoms with Gasteiger partial charge in [0, 0.05) is 27.1 Å². The number of carbonyl (C=O) groups excluding carboxylic acids is 1. The Bertz CT molecular complexity index is 323. The minimum atomic E-state index is -1.03. The number of urea groups is 1. The molecule has 104 valence electrons. The van der Waals surface area contributed by atoms with E-state index >= 15 is 0 Å². The van der Waals surface area contributed by atoms with E-state index in [1.165, 1.54) is 16.9 Å². The predicted octanol–water partition coefficient (Wildman–Crippen LogP) is -0.407. The van der Waals surface area contributed by atoms with Gasteiger partial charge in [0.05, 0.1) is 18.8 Å². The van der Waals surface area contributed by atoms with Crippen molar-refractivity contribution in [3.63, 3.8) is 0 Å². The van der Waals surface area contributed by atoms with Crippen molar-refractivity contribution in [1.82, 2.24) is 9.80 Å². The van der Waals surface area contributed by atoms with Crippen LogP contribution in [0.5, 0.6) is 0 Å². The van der Waals surface area contributed by atoms with Crippen LogP contribution in [0, 0.1) is 0 Å². The van der Waals surface area contributed by atoms with Crippen molar-refractivity contribution in [3.8, 4) is 0 Å². The molecule has 1 saturated heterocycles. The molecule has 0 spiro atoms. The van der Waals surface area contributed by atoms with E-state index in [0.29, 0.717) is 6.42 Å². The maximum absolute atomic E-state index is 12.1. The number of methoxy groups -OCH3 is 1.